The van der Waals surface area contributed by atoms with Crippen LogP contribution in [0, 0.1) is 17.5 Å². The summed E-state index contributed by atoms with van der Waals surface area (Å²) in [6.07, 6.45) is 0. The molecule has 2 aromatic carbocycles. The Hall–Kier alpha value is -2.64. The monoisotopic (exact) mass is 391 g/mol. The van der Waals surface area contributed by atoms with E-state index in [0.29, 0.717) is 0 Å². The highest BCUT2D eigenvalue weighted by Crippen LogP contribution is 2.23. The van der Waals surface area contributed by atoms with Crippen molar-refractivity contribution in [3.8, 4) is 0 Å². The van der Waals surface area contributed by atoms with Crippen LogP contribution in [0.1, 0.15) is 23.4 Å². The number of hydrogen-bond donors (Lipinski definition) is 2. The second-order valence-electron chi connectivity index (χ2n) is 6.10. The Morgan fingerprint density at radius 3 is 2.41 bits per heavy atom. The van der Waals surface area contributed by atoms with Crippen LogP contribution in [0.25, 0.3) is 0 Å². The summed E-state index contributed by atoms with van der Waals surface area (Å²) in [5, 5.41) is 6.15. The predicted octanol–water partition coefficient (Wildman–Crippen LogP) is 3.85. The number of hydrogen-bond acceptors (Lipinski definition) is 2. The second-order valence-corrected chi connectivity index (χ2v) is 7.08. The van der Waals surface area contributed by atoms with Crippen molar-refractivity contribution in [2.75, 3.05) is 5.32 Å². The van der Waals surface area contributed by atoms with Crippen LogP contribution in [0.15, 0.2) is 60.0 Å². The normalized spacial score (nSPS) is 13.2. The number of amides is 1. The first-order chi connectivity index (χ1) is 13.0. The average molecular weight is 391 g/mol. The second kappa shape index (κ2) is 8.37. The summed E-state index contributed by atoms with van der Waals surface area (Å²) < 4.78 is 40.2. The van der Waals surface area contributed by atoms with E-state index in [1.54, 1.807) is 18.3 Å². The fourth-order valence-corrected chi connectivity index (χ4v) is 3.58. The molecule has 0 fully saturated rings. The average Bonchev–Trinajstić information content (AvgIpc) is 3.21. The number of carbonyl (C=O) groups is 1. The van der Waals surface area contributed by atoms with Crippen LogP contribution in [-0.2, 0) is 4.79 Å². The minimum absolute atomic E-state index is 0.109. The molecule has 0 saturated heterocycles. The summed E-state index contributed by atoms with van der Waals surface area (Å²) in [7, 11) is 0. The van der Waals surface area contributed by atoms with Gasteiger partial charge in [-0.3, -0.25) is 4.79 Å². The third kappa shape index (κ3) is 4.37. The number of quaternary nitrogens is 1. The van der Waals surface area contributed by atoms with Crippen molar-refractivity contribution >= 4 is 22.9 Å². The predicted molar refractivity (Wildman–Crippen MR) is 98.9 cm³/mol. The number of nitrogens with two attached hydrogens (primary N) is 1. The molecule has 0 aliphatic rings. The molecule has 0 unspecified atom stereocenters. The zero-order valence-corrected chi connectivity index (χ0v) is 15.3. The van der Waals surface area contributed by atoms with Crippen LogP contribution in [0.3, 0.4) is 0 Å². The van der Waals surface area contributed by atoms with Crippen molar-refractivity contribution in [3.05, 3.63) is 87.9 Å². The molecule has 3 nitrogen and oxygen atoms in total. The highest BCUT2D eigenvalue weighted by atomic mass is 32.1. The minimum atomic E-state index is -1.61. The molecular weight excluding hydrogens is 373 g/mol. The van der Waals surface area contributed by atoms with Gasteiger partial charge in [-0.25, -0.2) is 13.2 Å². The van der Waals surface area contributed by atoms with Crippen LogP contribution >= 0.6 is 11.3 Å². The number of anilines is 1. The topological polar surface area (TPSA) is 45.7 Å². The first-order valence-corrected chi connectivity index (χ1v) is 9.23. The van der Waals surface area contributed by atoms with Gasteiger partial charge in [-0.2, -0.15) is 0 Å². The quantitative estimate of drug-likeness (QED) is 0.616. The summed E-state index contributed by atoms with van der Waals surface area (Å²) in [5.41, 5.74) is 0.644. The van der Waals surface area contributed by atoms with Gasteiger partial charge in [0.2, 0.25) is 0 Å². The Kier molecular flexibility index (Phi) is 5.93. The number of carbonyl (C=O) groups excluding carboxylic acids is 1. The SMILES string of the molecule is C[C@@H]([NH2+][C@H](c1ccccc1)c1cccs1)C(=O)Nc1ccc(F)c(F)c1F. The van der Waals surface area contributed by atoms with Crippen molar-refractivity contribution in [3.63, 3.8) is 0 Å². The van der Waals surface area contributed by atoms with Gasteiger partial charge in [-0.05, 0) is 30.5 Å². The highest BCUT2D eigenvalue weighted by molar-refractivity contribution is 7.10. The van der Waals surface area contributed by atoms with Gasteiger partial charge in [-0.15, -0.1) is 11.3 Å². The molecule has 0 spiro atoms. The summed E-state index contributed by atoms with van der Waals surface area (Å²) in [5.74, 6) is -4.82. The maximum atomic E-state index is 13.8. The lowest BCUT2D eigenvalue weighted by Gasteiger charge is -2.19. The van der Waals surface area contributed by atoms with Gasteiger partial charge < -0.3 is 10.6 Å². The van der Waals surface area contributed by atoms with Gasteiger partial charge in [0.15, 0.2) is 23.5 Å². The fraction of sp³-hybridized carbons (Fsp3) is 0.150. The minimum Gasteiger partial charge on any atom is -0.326 e. The molecule has 1 aromatic heterocycles. The molecule has 27 heavy (non-hydrogen) atoms. The summed E-state index contributed by atoms with van der Waals surface area (Å²) in [6.45, 7) is 1.68. The van der Waals surface area contributed by atoms with Gasteiger partial charge in [0, 0.05) is 5.56 Å². The highest BCUT2D eigenvalue weighted by Gasteiger charge is 2.26. The van der Waals surface area contributed by atoms with Gasteiger partial charge in [-0.1, -0.05) is 36.4 Å². The van der Waals surface area contributed by atoms with Crippen molar-refractivity contribution in [1.82, 2.24) is 0 Å². The van der Waals surface area contributed by atoms with Crippen LogP contribution in [0.4, 0.5) is 18.9 Å². The van der Waals surface area contributed by atoms with Crippen molar-refractivity contribution in [2.24, 2.45) is 0 Å². The van der Waals surface area contributed by atoms with Crippen LogP contribution < -0.4 is 10.6 Å². The molecule has 3 N–H and O–H groups in total. The molecule has 1 amide bonds. The zero-order chi connectivity index (χ0) is 19.4. The van der Waals surface area contributed by atoms with Crippen molar-refractivity contribution < 1.29 is 23.3 Å². The summed E-state index contributed by atoms with van der Waals surface area (Å²) in [6, 6.07) is 14.7. The molecule has 1 heterocycles. The van der Waals surface area contributed by atoms with Crippen molar-refractivity contribution in [1.29, 1.82) is 0 Å². The molecular formula is C20H18F3N2OS+. The van der Waals surface area contributed by atoms with Gasteiger partial charge in [0.25, 0.3) is 5.91 Å². The number of halogens is 3. The van der Waals surface area contributed by atoms with E-state index >= 15 is 0 Å². The number of nitrogens with one attached hydrogen (secondary N) is 1. The lowest BCUT2D eigenvalue weighted by molar-refractivity contribution is -0.703. The van der Waals surface area contributed by atoms with E-state index < -0.39 is 29.4 Å². The Bertz CT molecular complexity index is 916. The molecule has 3 aromatic rings. The van der Waals surface area contributed by atoms with Crippen molar-refractivity contribution in [2.45, 2.75) is 19.0 Å². The van der Waals surface area contributed by atoms with E-state index in [2.05, 4.69) is 5.32 Å². The smallest absolute Gasteiger partial charge is 0.282 e. The lowest BCUT2D eigenvalue weighted by atomic mass is 10.0. The molecule has 0 saturated carbocycles. The van der Waals surface area contributed by atoms with E-state index in [1.165, 1.54) is 0 Å². The Morgan fingerprint density at radius 2 is 1.74 bits per heavy atom. The number of thiophene rings is 1. The first-order valence-electron chi connectivity index (χ1n) is 8.35. The molecule has 2 atom stereocenters. The largest absolute Gasteiger partial charge is 0.326 e. The van der Waals surface area contributed by atoms with Gasteiger partial charge >= 0.3 is 0 Å². The Balaban J connectivity index is 1.77. The molecule has 0 aliphatic heterocycles. The maximum absolute atomic E-state index is 13.8. The molecule has 7 heteroatoms. The standard InChI is InChI=1S/C20H17F3N2OS/c1-12(20(26)25-15-10-9-14(21)17(22)18(15)23)24-19(16-8-5-11-27-16)13-6-3-2-4-7-13/h2-12,19,24H,1H3,(H,25,26)/p+1/t12-,19-/m1/s1. The summed E-state index contributed by atoms with van der Waals surface area (Å²) >= 11 is 1.58. The van der Waals surface area contributed by atoms with Gasteiger partial charge in [0.05, 0.1) is 10.6 Å². The van der Waals surface area contributed by atoms with E-state index in [4.69, 9.17) is 0 Å². The van der Waals surface area contributed by atoms with Gasteiger partial charge in [0.1, 0.15) is 6.04 Å². The molecule has 0 radical (unpaired) electrons. The van der Waals surface area contributed by atoms with E-state index in [1.807, 2.05) is 53.2 Å². The first kappa shape index (κ1) is 19.1. The van der Waals surface area contributed by atoms with E-state index in [-0.39, 0.29) is 11.7 Å². The number of benzene rings is 2. The lowest BCUT2D eigenvalue weighted by Crippen LogP contribution is -2.92. The maximum Gasteiger partial charge on any atom is 0.282 e. The molecule has 0 aliphatic carbocycles. The zero-order valence-electron chi connectivity index (χ0n) is 14.5. The third-order valence-corrected chi connectivity index (χ3v) is 5.15. The molecule has 140 valence electrons. The number of rotatable bonds is 6. The molecule has 3 rings (SSSR count). The summed E-state index contributed by atoms with van der Waals surface area (Å²) in [4.78, 5) is 13.5. The fourth-order valence-electron chi connectivity index (χ4n) is 2.74. The Labute approximate surface area is 158 Å². The van der Waals surface area contributed by atoms with Crippen LogP contribution in [0.5, 0.6) is 0 Å². The van der Waals surface area contributed by atoms with E-state index in [0.717, 1.165) is 22.6 Å². The van der Waals surface area contributed by atoms with Crippen LogP contribution in [-0.4, -0.2) is 11.9 Å². The third-order valence-electron chi connectivity index (χ3n) is 4.20. The molecule has 0 bridgehead atoms. The Morgan fingerprint density at radius 1 is 1.00 bits per heavy atom. The van der Waals surface area contributed by atoms with E-state index in [9.17, 15) is 18.0 Å². The van der Waals surface area contributed by atoms with Crippen LogP contribution in [0.2, 0.25) is 0 Å².